The van der Waals surface area contributed by atoms with Crippen LogP contribution >= 0.6 is 0 Å². The van der Waals surface area contributed by atoms with Gasteiger partial charge >= 0.3 is 6.18 Å². The smallest absolute Gasteiger partial charge is 0.396 e. The lowest BCUT2D eigenvalue weighted by Crippen LogP contribution is -2.06. The fourth-order valence-electron chi connectivity index (χ4n) is 1.19. The Labute approximate surface area is 84.3 Å². The minimum atomic E-state index is -4.46. The molecule has 0 aliphatic carbocycles. The van der Waals surface area contributed by atoms with Crippen LogP contribution in [-0.4, -0.2) is 11.7 Å². The largest absolute Gasteiger partial charge is 0.416 e. The quantitative estimate of drug-likeness (QED) is 0.779. The van der Waals surface area contributed by atoms with E-state index in [9.17, 15) is 17.6 Å². The average molecular weight is 222 g/mol. The van der Waals surface area contributed by atoms with Crippen LogP contribution in [0.1, 0.15) is 23.7 Å². The Kier molecular flexibility index (Phi) is 3.68. The van der Waals surface area contributed by atoms with Gasteiger partial charge in [-0.25, -0.2) is 4.39 Å². The van der Waals surface area contributed by atoms with Gasteiger partial charge in [-0.15, -0.1) is 0 Å². The summed E-state index contributed by atoms with van der Waals surface area (Å²) in [6.07, 6.45) is -6.21. The summed E-state index contributed by atoms with van der Waals surface area (Å²) in [7, 11) is 0. The summed E-state index contributed by atoms with van der Waals surface area (Å²) in [6.45, 7) is -0.391. The van der Waals surface area contributed by atoms with E-state index in [-0.39, 0.29) is 12.0 Å². The van der Waals surface area contributed by atoms with Crippen molar-refractivity contribution in [2.24, 2.45) is 0 Å². The maximum atomic E-state index is 13.2. The Hall–Kier alpha value is -1.10. The van der Waals surface area contributed by atoms with Crippen LogP contribution in [0.15, 0.2) is 24.3 Å². The SMILES string of the molecule is OCCC(F)c1cccc(C(F)(F)F)c1. The Morgan fingerprint density at radius 2 is 1.93 bits per heavy atom. The molecule has 0 heterocycles. The lowest BCUT2D eigenvalue weighted by molar-refractivity contribution is -0.137. The van der Waals surface area contributed by atoms with Crippen LogP contribution in [0.25, 0.3) is 0 Å². The molecule has 0 radical (unpaired) electrons. The zero-order valence-electron chi connectivity index (χ0n) is 7.76. The molecular formula is C10H10F4O. The van der Waals surface area contributed by atoms with E-state index in [2.05, 4.69) is 0 Å². The second-order valence-electron chi connectivity index (χ2n) is 3.10. The summed E-state index contributed by atoms with van der Waals surface area (Å²) >= 11 is 0. The minimum Gasteiger partial charge on any atom is -0.396 e. The van der Waals surface area contributed by atoms with Gasteiger partial charge in [0.05, 0.1) is 5.56 Å². The molecule has 1 aromatic carbocycles. The molecule has 0 amide bonds. The molecule has 0 aliphatic rings. The molecule has 0 fully saturated rings. The molecule has 5 heteroatoms. The summed E-state index contributed by atoms with van der Waals surface area (Å²) < 4.78 is 49.9. The van der Waals surface area contributed by atoms with Crippen molar-refractivity contribution >= 4 is 0 Å². The molecule has 1 N–H and O–H groups in total. The number of benzene rings is 1. The molecule has 1 rings (SSSR count). The third-order valence-corrected chi connectivity index (χ3v) is 1.96. The van der Waals surface area contributed by atoms with E-state index in [1.165, 1.54) is 6.07 Å². The fourth-order valence-corrected chi connectivity index (χ4v) is 1.19. The molecule has 15 heavy (non-hydrogen) atoms. The number of hydrogen-bond acceptors (Lipinski definition) is 1. The first-order valence-corrected chi connectivity index (χ1v) is 4.37. The number of hydrogen-bond donors (Lipinski definition) is 1. The van der Waals surface area contributed by atoms with Crippen molar-refractivity contribution in [1.82, 2.24) is 0 Å². The number of halogens is 4. The van der Waals surface area contributed by atoms with Gasteiger partial charge in [-0.2, -0.15) is 13.2 Å². The number of aliphatic hydroxyl groups excluding tert-OH is 1. The Balaban J connectivity index is 2.92. The predicted octanol–water partition coefficient (Wildman–Crippen LogP) is 3.10. The number of rotatable bonds is 3. The molecule has 0 aromatic heterocycles. The van der Waals surface area contributed by atoms with Gasteiger partial charge in [0.2, 0.25) is 0 Å². The van der Waals surface area contributed by atoms with Crippen molar-refractivity contribution in [3.05, 3.63) is 35.4 Å². The van der Waals surface area contributed by atoms with Crippen molar-refractivity contribution in [2.45, 2.75) is 18.8 Å². The predicted molar refractivity (Wildman–Crippen MR) is 47.0 cm³/mol. The molecule has 1 nitrogen and oxygen atoms in total. The summed E-state index contributed by atoms with van der Waals surface area (Å²) in [6, 6.07) is 4.08. The van der Waals surface area contributed by atoms with Gasteiger partial charge in [0.25, 0.3) is 0 Å². The topological polar surface area (TPSA) is 20.2 Å². The van der Waals surface area contributed by atoms with Crippen LogP contribution in [0.5, 0.6) is 0 Å². The second-order valence-corrected chi connectivity index (χ2v) is 3.10. The highest BCUT2D eigenvalue weighted by molar-refractivity contribution is 5.27. The Morgan fingerprint density at radius 3 is 2.47 bits per heavy atom. The van der Waals surface area contributed by atoms with Gasteiger partial charge in [-0.1, -0.05) is 12.1 Å². The van der Waals surface area contributed by atoms with Crippen molar-refractivity contribution in [2.75, 3.05) is 6.61 Å². The zero-order chi connectivity index (χ0) is 11.5. The van der Waals surface area contributed by atoms with Crippen molar-refractivity contribution in [3.8, 4) is 0 Å². The highest BCUT2D eigenvalue weighted by atomic mass is 19.4. The number of aliphatic hydroxyl groups is 1. The zero-order valence-corrected chi connectivity index (χ0v) is 7.76. The van der Waals surface area contributed by atoms with Crippen molar-refractivity contribution in [1.29, 1.82) is 0 Å². The van der Waals surface area contributed by atoms with Crippen molar-refractivity contribution in [3.63, 3.8) is 0 Å². The van der Waals surface area contributed by atoms with Gasteiger partial charge in [0.15, 0.2) is 0 Å². The van der Waals surface area contributed by atoms with Gasteiger partial charge in [0, 0.05) is 13.0 Å². The van der Waals surface area contributed by atoms with E-state index in [1.54, 1.807) is 0 Å². The molecule has 0 saturated heterocycles. The molecule has 1 unspecified atom stereocenters. The summed E-state index contributed by atoms with van der Waals surface area (Å²) in [5, 5.41) is 8.46. The molecule has 84 valence electrons. The lowest BCUT2D eigenvalue weighted by atomic mass is 10.0. The van der Waals surface area contributed by atoms with Crippen LogP contribution < -0.4 is 0 Å². The first-order chi connectivity index (χ1) is 6.95. The van der Waals surface area contributed by atoms with E-state index >= 15 is 0 Å². The number of alkyl halides is 4. The maximum Gasteiger partial charge on any atom is 0.416 e. The highest BCUT2D eigenvalue weighted by Crippen LogP contribution is 2.31. The summed E-state index contributed by atoms with van der Waals surface area (Å²) in [5.41, 5.74) is -0.931. The third kappa shape index (κ3) is 3.20. The van der Waals surface area contributed by atoms with Gasteiger partial charge in [0.1, 0.15) is 6.17 Å². The van der Waals surface area contributed by atoms with Gasteiger partial charge in [-0.05, 0) is 17.7 Å². The maximum absolute atomic E-state index is 13.2. The molecule has 0 aliphatic heterocycles. The summed E-state index contributed by atoms with van der Waals surface area (Å²) in [4.78, 5) is 0. The van der Waals surface area contributed by atoms with E-state index in [0.29, 0.717) is 0 Å². The molecule has 0 saturated carbocycles. The minimum absolute atomic E-state index is 0.0566. The van der Waals surface area contributed by atoms with E-state index in [4.69, 9.17) is 5.11 Å². The van der Waals surface area contributed by atoms with Gasteiger partial charge < -0.3 is 5.11 Å². The van der Waals surface area contributed by atoms with Gasteiger partial charge in [-0.3, -0.25) is 0 Å². The van der Waals surface area contributed by atoms with Crippen LogP contribution in [0, 0.1) is 0 Å². The average Bonchev–Trinajstić information content (AvgIpc) is 2.17. The van der Waals surface area contributed by atoms with Crippen LogP contribution in [-0.2, 0) is 6.18 Å². The van der Waals surface area contributed by atoms with Crippen LogP contribution in [0.3, 0.4) is 0 Å². The van der Waals surface area contributed by atoms with E-state index < -0.39 is 24.5 Å². The van der Waals surface area contributed by atoms with E-state index in [1.807, 2.05) is 0 Å². The first kappa shape index (κ1) is 12.0. The highest BCUT2D eigenvalue weighted by Gasteiger charge is 2.30. The molecule has 1 atom stereocenters. The van der Waals surface area contributed by atoms with E-state index in [0.717, 1.165) is 18.2 Å². The first-order valence-electron chi connectivity index (χ1n) is 4.37. The monoisotopic (exact) mass is 222 g/mol. The second kappa shape index (κ2) is 4.61. The molecule has 0 spiro atoms. The molecular weight excluding hydrogens is 212 g/mol. The molecule has 0 bridgehead atoms. The third-order valence-electron chi connectivity index (χ3n) is 1.96. The Morgan fingerprint density at radius 1 is 1.27 bits per heavy atom. The summed E-state index contributed by atoms with van der Waals surface area (Å²) in [5.74, 6) is 0. The fraction of sp³-hybridized carbons (Fsp3) is 0.400. The Bertz CT molecular complexity index is 321. The van der Waals surface area contributed by atoms with Crippen molar-refractivity contribution < 1.29 is 22.7 Å². The normalized spacial score (nSPS) is 13.9. The standard InChI is InChI=1S/C10H10F4O/c11-9(4-5-15)7-2-1-3-8(6-7)10(12,13)14/h1-3,6,9,15H,4-5H2. The van der Waals surface area contributed by atoms with Crippen LogP contribution in [0.4, 0.5) is 17.6 Å². The molecule has 1 aromatic rings. The van der Waals surface area contributed by atoms with Crippen LogP contribution in [0.2, 0.25) is 0 Å². The lowest BCUT2D eigenvalue weighted by Gasteiger charge is -2.10.